The van der Waals surface area contributed by atoms with Crippen LogP contribution in [-0.4, -0.2) is 29.6 Å². The van der Waals surface area contributed by atoms with E-state index in [-0.39, 0.29) is 29.7 Å². The first kappa shape index (κ1) is 18.0. The minimum absolute atomic E-state index is 0.0665. The Hall–Kier alpha value is -3.34. The third-order valence-corrected chi connectivity index (χ3v) is 5.35. The van der Waals surface area contributed by atoms with Gasteiger partial charge in [-0.05, 0) is 35.9 Å². The molecule has 0 radical (unpaired) electrons. The highest BCUT2D eigenvalue weighted by Crippen LogP contribution is 2.39. The lowest BCUT2D eigenvalue weighted by atomic mass is 10.0. The number of rotatable bonds is 4. The summed E-state index contributed by atoms with van der Waals surface area (Å²) >= 11 is 0. The second-order valence-electron chi connectivity index (χ2n) is 7.65. The average Bonchev–Trinajstić information content (AvgIpc) is 3.35. The second-order valence-corrected chi connectivity index (χ2v) is 7.65. The van der Waals surface area contributed by atoms with Crippen LogP contribution < -0.4 is 16.0 Å². The van der Waals surface area contributed by atoms with Crippen LogP contribution in [-0.2, 0) is 9.53 Å². The largest absolute Gasteiger partial charge is 0.447 e. The Labute approximate surface area is 162 Å². The molecule has 3 atom stereocenters. The van der Waals surface area contributed by atoms with Gasteiger partial charge in [0.2, 0.25) is 5.91 Å². The van der Waals surface area contributed by atoms with Gasteiger partial charge in [-0.25, -0.2) is 9.78 Å². The molecule has 1 saturated carbocycles. The smallest absolute Gasteiger partial charge is 0.414 e. The monoisotopic (exact) mass is 379 g/mol. The Kier molecular flexibility index (Phi) is 4.30. The van der Waals surface area contributed by atoms with Gasteiger partial charge in [-0.2, -0.15) is 5.26 Å². The Morgan fingerprint density at radius 2 is 2.21 bits per heavy atom. The third-order valence-electron chi connectivity index (χ3n) is 5.35. The molecule has 2 amide bonds. The number of nitriles is 1. The van der Waals surface area contributed by atoms with Crippen molar-refractivity contribution in [2.75, 3.05) is 22.6 Å². The maximum Gasteiger partial charge on any atom is 0.414 e. The van der Waals surface area contributed by atoms with E-state index in [2.05, 4.69) is 16.4 Å². The number of carbonyl (C=O) groups excluding carboxylic acids is 2. The van der Waals surface area contributed by atoms with E-state index >= 15 is 0 Å². The number of aromatic nitrogens is 1. The molecule has 2 unspecified atom stereocenters. The van der Waals surface area contributed by atoms with Gasteiger partial charge in [0.15, 0.2) is 0 Å². The Morgan fingerprint density at radius 3 is 2.89 bits per heavy atom. The SMILES string of the molecule is CC(C)[C@H]1COC(=O)N1c1cc(N)c2cnc(NC(=O)C3CC3C#N)cc2c1. The summed E-state index contributed by atoms with van der Waals surface area (Å²) in [6.07, 6.45) is 1.79. The van der Waals surface area contributed by atoms with E-state index in [4.69, 9.17) is 15.7 Å². The van der Waals surface area contributed by atoms with Gasteiger partial charge in [0, 0.05) is 17.3 Å². The zero-order valence-electron chi connectivity index (χ0n) is 15.7. The predicted octanol–water partition coefficient (Wildman–Crippen LogP) is 2.90. The van der Waals surface area contributed by atoms with Gasteiger partial charge in [0.1, 0.15) is 12.4 Å². The number of nitrogens with two attached hydrogens (primary N) is 1. The maximum atomic E-state index is 12.3. The normalized spacial score (nSPS) is 23.6. The van der Waals surface area contributed by atoms with Crippen molar-refractivity contribution < 1.29 is 14.3 Å². The molecule has 2 aliphatic rings. The molecule has 0 bridgehead atoms. The number of carbonyl (C=O) groups is 2. The Balaban J connectivity index is 1.66. The first-order valence-electron chi connectivity index (χ1n) is 9.24. The van der Waals surface area contributed by atoms with Crippen molar-refractivity contribution in [1.82, 2.24) is 4.98 Å². The first-order chi connectivity index (χ1) is 13.4. The molecule has 0 spiro atoms. The number of nitrogen functional groups attached to an aromatic ring is 1. The molecule has 2 heterocycles. The lowest BCUT2D eigenvalue weighted by molar-refractivity contribution is -0.117. The lowest BCUT2D eigenvalue weighted by Gasteiger charge is -2.25. The summed E-state index contributed by atoms with van der Waals surface area (Å²) in [5.74, 6) is -0.0724. The summed E-state index contributed by atoms with van der Waals surface area (Å²) in [6.45, 7) is 4.41. The van der Waals surface area contributed by atoms with Crippen molar-refractivity contribution in [3.63, 3.8) is 0 Å². The average molecular weight is 379 g/mol. The summed E-state index contributed by atoms with van der Waals surface area (Å²) in [6, 6.07) is 7.35. The molecule has 2 aromatic rings. The number of nitrogens with zero attached hydrogens (tertiary/aromatic N) is 3. The van der Waals surface area contributed by atoms with Crippen LogP contribution >= 0.6 is 0 Å². The van der Waals surface area contributed by atoms with Crippen LogP contribution in [0.3, 0.4) is 0 Å². The summed E-state index contributed by atoms with van der Waals surface area (Å²) in [5.41, 5.74) is 7.34. The molecule has 4 rings (SSSR count). The lowest BCUT2D eigenvalue weighted by Crippen LogP contribution is -2.37. The molecule has 3 N–H and O–H groups in total. The molecule has 1 aliphatic carbocycles. The fourth-order valence-corrected chi connectivity index (χ4v) is 3.55. The number of pyridine rings is 1. The van der Waals surface area contributed by atoms with Crippen molar-refractivity contribution in [2.45, 2.75) is 26.3 Å². The standard InChI is InChI=1S/C20H21N5O3/c1-10(2)17-9-28-20(27)25(17)13-3-11-5-18(23-8-15(11)16(22)6-13)24-19(26)14-4-12(14)7-21/h3,5-6,8,10,12,14,17H,4,9,22H2,1-2H3,(H,23,24,26)/t12?,14?,17-/m1/s1. The van der Waals surface area contributed by atoms with Gasteiger partial charge in [-0.3, -0.25) is 9.69 Å². The van der Waals surface area contributed by atoms with Crippen molar-refractivity contribution in [3.05, 3.63) is 24.4 Å². The van der Waals surface area contributed by atoms with Crippen LogP contribution in [0.5, 0.6) is 0 Å². The van der Waals surface area contributed by atoms with Crippen LogP contribution in [0.4, 0.5) is 22.0 Å². The number of hydrogen-bond donors (Lipinski definition) is 2. The van der Waals surface area contributed by atoms with E-state index in [0.717, 1.165) is 10.8 Å². The minimum atomic E-state index is -0.392. The van der Waals surface area contributed by atoms with Gasteiger partial charge in [0.25, 0.3) is 0 Å². The predicted molar refractivity (Wildman–Crippen MR) is 104 cm³/mol. The highest BCUT2D eigenvalue weighted by molar-refractivity contribution is 6.02. The van der Waals surface area contributed by atoms with Crippen LogP contribution in [0.25, 0.3) is 10.8 Å². The first-order valence-corrected chi connectivity index (χ1v) is 9.24. The van der Waals surface area contributed by atoms with Crippen LogP contribution in [0.1, 0.15) is 20.3 Å². The topological polar surface area (TPSA) is 121 Å². The molecule has 28 heavy (non-hydrogen) atoms. The van der Waals surface area contributed by atoms with Gasteiger partial charge in [-0.15, -0.1) is 0 Å². The van der Waals surface area contributed by atoms with Crippen molar-refractivity contribution in [3.8, 4) is 6.07 Å². The summed E-state index contributed by atoms with van der Waals surface area (Å²) in [5, 5.41) is 13.1. The van der Waals surface area contributed by atoms with Crippen LogP contribution in [0.15, 0.2) is 24.4 Å². The number of amides is 2. The summed E-state index contributed by atoms with van der Waals surface area (Å²) < 4.78 is 5.23. The number of anilines is 3. The van der Waals surface area contributed by atoms with E-state index in [1.807, 2.05) is 19.9 Å². The number of hydrogen-bond acceptors (Lipinski definition) is 6. The quantitative estimate of drug-likeness (QED) is 0.788. The minimum Gasteiger partial charge on any atom is -0.447 e. The molecule has 144 valence electrons. The molecule has 1 saturated heterocycles. The molecule has 8 nitrogen and oxygen atoms in total. The Morgan fingerprint density at radius 1 is 1.43 bits per heavy atom. The number of fused-ring (bicyclic) bond motifs is 1. The van der Waals surface area contributed by atoms with Gasteiger partial charge >= 0.3 is 6.09 Å². The molecule has 8 heteroatoms. The van der Waals surface area contributed by atoms with E-state index in [0.29, 0.717) is 30.2 Å². The fourth-order valence-electron chi connectivity index (χ4n) is 3.55. The second kappa shape index (κ2) is 6.68. The molecule has 1 aliphatic heterocycles. The van der Waals surface area contributed by atoms with Crippen LogP contribution in [0, 0.1) is 29.1 Å². The molecular formula is C20H21N5O3. The molecular weight excluding hydrogens is 358 g/mol. The van der Waals surface area contributed by atoms with Crippen molar-refractivity contribution >= 4 is 40.0 Å². The summed E-state index contributed by atoms with van der Waals surface area (Å²) in [4.78, 5) is 30.3. The third kappa shape index (κ3) is 3.09. The molecule has 1 aromatic carbocycles. The van der Waals surface area contributed by atoms with E-state index in [1.54, 1.807) is 23.2 Å². The highest BCUT2D eigenvalue weighted by Gasteiger charge is 2.43. The van der Waals surface area contributed by atoms with E-state index < -0.39 is 6.09 Å². The van der Waals surface area contributed by atoms with Crippen molar-refractivity contribution in [2.24, 2.45) is 17.8 Å². The number of cyclic esters (lactones) is 1. The van der Waals surface area contributed by atoms with Gasteiger partial charge < -0.3 is 15.8 Å². The fraction of sp³-hybridized carbons (Fsp3) is 0.400. The Bertz CT molecular complexity index is 1010. The van der Waals surface area contributed by atoms with E-state index in [9.17, 15) is 9.59 Å². The van der Waals surface area contributed by atoms with Gasteiger partial charge in [0.05, 0.1) is 29.6 Å². The van der Waals surface area contributed by atoms with E-state index in [1.165, 1.54) is 0 Å². The zero-order chi connectivity index (χ0) is 20.0. The van der Waals surface area contributed by atoms with Crippen LogP contribution in [0.2, 0.25) is 0 Å². The summed E-state index contributed by atoms with van der Waals surface area (Å²) in [7, 11) is 0. The maximum absolute atomic E-state index is 12.3. The highest BCUT2D eigenvalue weighted by atomic mass is 16.6. The number of benzene rings is 1. The zero-order valence-corrected chi connectivity index (χ0v) is 15.7. The van der Waals surface area contributed by atoms with Gasteiger partial charge in [-0.1, -0.05) is 13.8 Å². The number of nitrogens with one attached hydrogen (secondary N) is 1. The molecule has 2 fully saturated rings. The number of ether oxygens (including phenoxy) is 1. The molecule has 1 aromatic heterocycles. The van der Waals surface area contributed by atoms with Crippen molar-refractivity contribution in [1.29, 1.82) is 5.26 Å².